The summed E-state index contributed by atoms with van der Waals surface area (Å²) in [6.45, 7) is 3.71. The quantitative estimate of drug-likeness (QED) is 0.224. The molecule has 0 spiro atoms. The Hall–Kier alpha value is -2.80. The van der Waals surface area contributed by atoms with Gasteiger partial charge in [0.15, 0.2) is 11.5 Å². The third kappa shape index (κ3) is 6.00. The Labute approximate surface area is 208 Å². The van der Waals surface area contributed by atoms with E-state index in [1.165, 1.54) is 6.07 Å². The standard InChI is InChI=1S/C26H26Cl2FN3O2/c1-2-33-24-13-17(15-30-12-6-11-26-31-22-9-3-4-10-23(22)32-26)20(28)14-25(24)34-16-18-19(27)7-5-8-21(18)29/h3-5,7-10,13-14,30H,2,6,11-12,15-16H2,1H3,(H,31,32). The van der Waals surface area contributed by atoms with E-state index in [4.69, 9.17) is 32.7 Å². The number of rotatable bonds is 11. The summed E-state index contributed by atoms with van der Waals surface area (Å²) in [5.74, 6) is 1.56. The molecule has 34 heavy (non-hydrogen) atoms. The minimum absolute atomic E-state index is 0.0265. The first-order chi connectivity index (χ1) is 16.5. The van der Waals surface area contributed by atoms with Crippen molar-refractivity contribution in [2.24, 2.45) is 0 Å². The number of para-hydroxylation sites is 2. The number of aryl methyl sites for hydroxylation is 1. The fourth-order valence-electron chi connectivity index (χ4n) is 3.64. The minimum Gasteiger partial charge on any atom is -0.490 e. The van der Waals surface area contributed by atoms with Gasteiger partial charge in [0, 0.05) is 29.6 Å². The van der Waals surface area contributed by atoms with Crippen LogP contribution in [0, 0.1) is 5.82 Å². The summed E-state index contributed by atoms with van der Waals surface area (Å²) in [6.07, 6.45) is 1.78. The molecule has 0 amide bonds. The van der Waals surface area contributed by atoms with Crippen LogP contribution >= 0.6 is 23.2 Å². The zero-order valence-corrected chi connectivity index (χ0v) is 20.3. The van der Waals surface area contributed by atoms with Crippen molar-refractivity contribution < 1.29 is 13.9 Å². The van der Waals surface area contributed by atoms with Gasteiger partial charge in [0.25, 0.3) is 0 Å². The van der Waals surface area contributed by atoms with E-state index in [1.807, 2.05) is 37.3 Å². The summed E-state index contributed by atoms with van der Waals surface area (Å²) in [7, 11) is 0. The first-order valence-corrected chi connectivity index (χ1v) is 12.0. The minimum atomic E-state index is -0.417. The number of aromatic nitrogens is 2. The first kappa shape index (κ1) is 24.3. The monoisotopic (exact) mass is 501 g/mol. The lowest BCUT2D eigenvalue weighted by Crippen LogP contribution is -2.16. The van der Waals surface area contributed by atoms with Crippen LogP contribution < -0.4 is 14.8 Å². The Kier molecular flexibility index (Phi) is 8.27. The zero-order valence-electron chi connectivity index (χ0n) is 18.8. The van der Waals surface area contributed by atoms with E-state index in [1.54, 1.807) is 18.2 Å². The Morgan fingerprint density at radius 2 is 1.82 bits per heavy atom. The average Bonchev–Trinajstić information content (AvgIpc) is 3.24. The van der Waals surface area contributed by atoms with E-state index < -0.39 is 5.82 Å². The molecule has 0 aliphatic heterocycles. The van der Waals surface area contributed by atoms with Crippen LogP contribution in [0.5, 0.6) is 11.5 Å². The summed E-state index contributed by atoms with van der Waals surface area (Å²) in [6, 6.07) is 16.1. The summed E-state index contributed by atoms with van der Waals surface area (Å²) in [5.41, 5.74) is 3.23. The van der Waals surface area contributed by atoms with Crippen molar-refractivity contribution in [2.45, 2.75) is 32.9 Å². The average molecular weight is 502 g/mol. The number of benzene rings is 3. The molecule has 0 aliphatic rings. The number of halogens is 3. The van der Waals surface area contributed by atoms with E-state index in [9.17, 15) is 4.39 Å². The fraction of sp³-hybridized carbons (Fsp3) is 0.269. The number of nitrogens with zero attached hydrogens (tertiary/aromatic N) is 1. The summed E-state index contributed by atoms with van der Waals surface area (Å²) < 4.78 is 25.6. The van der Waals surface area contributed by atoms with Crippen LogP contribution in [0.25, 0.3) is 11.0 Å². The molecular formula is C26H26Cl2FN3O2. The van der Waals surface area contributed by atoms with Gasteiger partial charge in [-0.05, 0) is 55.8 Å². The lowest BCUT2D eigenvalue weighted by molar-refractivity contribution is 0.265. The molecule has 1 aromatic heterocycles. The molecule has 4 aromatic rings. The molecule has 2 N–H and O–H groups in total. The van der Waals surface area contributed by atoms with Crippen molar-refractivity contribution in [3.8, 4) is 11.5 Å². The van der Waals surface area contributed by atoms with Gasteiger partial charge in [0.05, 0.1) is 22.7 Å². The summed E-state index contributed by atoms with van der Waals surface area (Å²) in [5, 5.41) is 4.28. The topological polar surface area (TPSA) is 59.2 Å². The summed E-state index contributed by atoms with van der Waals surface area (Å²) in [4.78, 5) is 7.96. The van der Waals surface area contributed by atoms with Crippen molar-refractivity contribution >= 4 is 34.2 Å². The number of hydrogen-bond acceptors (Lipinski definition) is 4. The number of fused-ring (bicyclic) bond motifs is 1. The van der Waals surface area contributed by atoms with Crippen LogP contribution in [0.1, 0.15) is 30.3 Å². The van der Waals surface area contributed by atoms with Gasteiger partial charge in [-0.3, -0.25) is 0 Å². The number of hydrogen-bond donors (Lipinski definition) is 2. The van der Waals surface area contributed by atoms with Crippen molar-refractivity contribution in [1.82, 2.24) is 15.3 Å². The Morgan fingerprint density at radius 3 is 2.62 bits per heavy atom. The highest BCUT2D eigenvalue weighted by molar-refractivity contribution is 6.31. The molecular weight excluding hydrogens is 476 g/mol. The molecule has 1 heterocycles. The number of aromatic amines is 1. The molecule has 0 atom stereocenters. The van der Waals surface area contributed by atoms with E-state index in [2.05, 4.69) is 15.3 Å². The number of nitrogens with one attached hydrogen (secondary N) is 2. The van der Waals surface area contributed by atoms with E-state index in [0.29, 0.717) is 34.7 Å². The molecule has 178 valence electrons. The highest BCUT2D eigenvalue weighted by atomic mass is 35.5. The molecule has 8 heteroatoms. The van der Waals surface area contributed by atoms with Gasteiger partial charge in [-0.2, -0.15) is 0 Å². The zero-order chi connectivity index (χ0) is 23.9. The van der Waals surface area contributed by atoms with Crippen molar-refractivity contribution in [3.05, 3.63) is 87.4 Å². The number of ether oxygens (including phenoxy) is 2. The number of H-pyrrole nitrogens is 1. The lowest BCUT2D eigenvalue weighted by Gasteiger charge is -2.16. The van der Waals surface area contributed by atoms with Crippen molar-refractivity contribution in [2.75, 3.05) is 13.2 Å². The van der Waals surface area contributed by atoms with Crippen molar-refractivity contribution in [1.29, 1.82) is 0 Å². The molecule has 0 saturated heterocycles. The van der Waals surface area contributed by atoms with Crippen LogP contribution in [-0.4, -0.2) is 23.1 Å². The number of imidazole rings is 1. The van der Waals surface area contributed by atoms with Crippen LogP contribution in [-0.2, 0) is 19.6 Å². The van der Waals surface area contributed by atoms with E-state index in [0.717, 1.165) is 41.8 Å². The smallest absolute Gasteiger partial charge is 0.163 e. The molecule has 5 nitrogen and oxygen atoms in total. The van der Waals surface area contributed by atoms with Gasteiger partial charge in [0.1, 0.15) is 18.2 Å². The van der Waals surface area contributed by atoms with Crippen LogP contribution in [0.4, 0.5) is 4.39 Å². The largest absolute Gasteiger partial charge is 0.490 e. The molecule has 0 unspecified atom stereocenters. The molecule has 0 fully saturated rings. The van der Waals surface area contributed by atoms with Crippen molar-refractivity contribution in [3.63, 3.8) is 0 Å². The predicted molar refractivity (Wildman–Crippen MR) is 134 cm³/mol. The third-order valence-electron chi connectivity index (χ3n) is 5.37. The Bertz CT molecular complexity index is 1210. The van der Waals surface area contributed by atoms with E-state index in [-0.39, 0.29) is 12.2 Å². The maximum absolute atomic E-state index is 14.1. The van der Waals surface area contributed by atoms with Gasteiger partial charge in [-0.15, -0.1) is 0 Å². The SMILES string of the molecule is CCOc1cc(CNCCCc2nc3ccccc3[nH]2)c(Cl)cc1OCc1c(F)cccc1Cl. The second-order valence-corrected chi connectivity index (χ2v) is 8.61. The molecule has 4 rings (SSSR count). The normalized spacial score (nSPS) is 11.2. The second kappa shape index (κ2) is 11.6. The van der Waals surface area contributed by atoms with Gasteiger partial charge in [-0.25, -0.2) is 9.37 Å². The third-order valence-corrected chi connectivity index (χ3v) is 6.07. The molecule has 0 aliphatic carbocycles. The van der Waals surface area contributed by atoms with E-state index >= 15 is 0 Å². The van der Waals surface area contributed by atoms with Crippen LogP contribution in [0.2, 0.25) is 10.0 Å². The molecule has 0 bridgehead atoms. The highest BCUT2D eigenvalue weighted by Crippen LogP contribution is 2.35. The maximum Gasteiger partial charge on any atom is 0.163 e. The first-order valence-electron chi connectivity index (χ1n) is 11.2. The van der Waals surface area contributed by atoms with Gasteiger partial charge in [0.2, 0.25) is 0 Å². The lowest BCUT2D eigenvalue weighted by atomic mass is 10.2. The molecule has 3 aromatic carbocycles. The second-order valence-electron chi connectivity index (χ2n) is 7.79. The van der Waals surface area contributed by atoms with Gasteiger partial charge < -0.3 is 19.8 Å². The van der Waals surface area contributed by atoms with Crippen LogP contribution in [0.3, 0.4) is 0 Å². The molecule has 0 radical (unpaired) electrons. The van der Waals surface area contributed by atoms with Gasteiger partial charge >= 0.3 is 0 Å². The highest BCUT2D eigenvalue weighted by Gasteiger charge is 2.14. The molecule has 0 saturated carbocycles. The fourth-order valence-corrected chi connectivity index (χ4v) is 4.08. The Morgan fingerprint density at radius 1 is 1.00 bits per heavy atom. The maximum atomic E-state index is 14.1. The summed E-state index contributed by atoms with van der Waals surface area (Å²) >= 11 is 12.6. The Balaban J connectivity index is 1.33. The van der Waals surface area contributed by atoms with Gasteiger partial charge in [-0.1, -0.05) is 41.4 Å². The van der Waals surface area contributed by atoms with Crippen LogP contribution in [0.15, 0.2) is 54.6 Å². The predicted octanol–water partition coefficient (Wildman–Crippen LogP) is 6.71.